The Morgan fingerprint density at radius 3 is 2.50 bits per heavy atom. The molecule has 0 atom stereocenters. The summed E-state index contributed by atoms with van der Waals surface area (Å²) in [5.74, 6) is -0.783. The molecule has 3 nitrogen and oxygen atoms in total. The van der Waals surface area contributed by atoms with Crippen molar-refractivity contribution in [2.45, 2.75) is 17.6 Å². The minimum absolute atomic E-state index is 0.0979. The van der Waals surface area contributed by atoms with Gasteiger partial charge in [0.1, 0.15) is 5.82 Å². The van der Waals surface area contributed by atoms with Gasteiger partial charge in [-0.05, 0) is 48.4 Å². The highest BCUT2D eigenvalue weighted by Gasteiger charge is 2.18. The number of hydrogen-bond acceptors (Lipinski definition) is 3. The molecule has 0 saturated heterocycles. The van der Waals surface area contributed by atoms with Crippen molar-refractivity contribution < 1.29 is 12.8 Å². The molecular formula is C14H13ClFNO2S. The monoisotopic (exact) mass is 313 g/mol. The lowest BCUT2D eigenvalue weighted by molar-refractivity contribution is 0.594. The smallest absolute Gasteiger partial charge is 0.182 e. The standard InChI is InChI=1S/C14H13ClFNO2S/c1-9-6-12(4-5-14(9)17)20(18,19)8-10-2-3-11(16)7-13(10)15/h2-7H,8,17H2,1H3. The second-order valence-electron chi connectivity index (χ2n) is 4.51. The first kappa shape index (κ1) is 14.8. The molecule has 2 N–H and O–H groups in total. The van der Waals surface area contributed by atoms with Crippen LogP contribution in [0, 0.1) is 12.7 Å². The molecule has 0 radical (unpaired) electrons. The minimum Gasteiger partial charge on any atom is -0.399 e. The summed E-state index contributed by atoms with van der Waals surface area (Å²) in [7, 11) is -3.55. The minimum atomic E-state index is -3.55. The van der Waals surface area contributed by atoms with E-state index in [4.69, 9.17) is 17.3 Å². The number of benzene rings is 2. The molecular weight excluding hydrogens is 301 g/mol. The van der Waals surface area contributed by atoms with E-state index in [2.05, 4.69) is 0 Å². The van der Waals surface area contributed by atoms with E-state index in [1.165, 1.54) is 24.3 Å². The zero-order valence-corrected chi connectivity index (χ0v) is 12.3. The Hall–Kier alpha value is -1.59. The van der Waals surface area contributed by atoms with Gasteiger partial charge in [-0.1, -0.05) is 17.7 Å². The Balaban J connectivity index is 2.38. The summed E-state index contributed by atoms with van der Waals surface area (Å²) in [6.07, 6.45) is 0. The third-order valence-corrected chi connectivity index (χ3v) is 4.98. The molecule has 0 aliphatic rings. The predicted molar refractivity (Wildman–Crippen MR) is 77.9 cm³/mol. The van der Waals surface area contributed by atoms with Crippen LogP contribution in [0.1, 0.15) is 11.1 Å². The fourth-order valence-corrected chi connectivity index (χ4v) is 3.54. The van der Waals surface area contributed by atoms with Gasteiger partial charge in [-0.2, -0.15) is 0 Å². The largest absolute Gasteiger partial charge is 0.399 e. The molecule has 2 aromatic carbocycles. The summed E-state index contributed by atoms with van der Waals surface area (Å²) in [6.45, 7) is 1.74. The molecule has 0 aromatic heterocycles. The van der Waals surface area contributed by atoms with E-state index in [0.717, 1.165) is 6.07 Å². The van der Waals surface area contributed by atoms with E-state index < -0.39 is 15.7 Å². The third-order valence-electron chi connectivity index (χ3n) is 2.96. The molecule has 0 heterocycles. The van der Waals surface area contributed by atoms with E-state index in [0.29, 0.717) is 16.8 Å². The molecule has 106 valence electrons. The number of anilines is 1. The van der Waals surface area contributed by atoms with Gasteiger partial charge in [0.05, 0.1) is 10.6 Å². The number of nitrogens with two attached hydrogens (primary N) is 1. The van der Waals surface area contributed by atoms with E-state index >= 15 is 0 Å². The molecule has 0 amide bonds. The summed E-state index contributed by atoms with van der Waals surface area (Å²) in [5, 5.41) is 0.0979. The van der Waals surface area contributed by atoms with Crippen LogP contribution in [0.15, 0.2) is 41.3 Å². The van der Waals surface area contributed by atoms with Gasteiger partial charge < -0.3 is 5.73 Å². The number of rotatable bonds is 3. The molecule has 0 fully saturated rings. The van der Waals surface area contributed by atoms with Crippen molar-refractivity contribution in [2.24, 2.45) is 0 Å². The lowest BCUT2D eigenvalue weighted by Gasteiger charge is -2.08. The van der Waals surface area contributed by atoms with Gasteiger partial charge in [0.15, 0.2) is 9.84 Å². The van der Waals surface area contributed by atoms with Crippen molar-refractivity contribution in [1.29, 1.82) is 0 Å². The number of sulfone groups is 1. The van der Waals surface area contributed by atoms with Gasteiger partial charge in [-0.25, -0.2) is 12.8 Å². The Morgan fingerprint density at radius 1 is 1.20 bits per heavy atom. The fraction of sp³-hybridized carbons (Fsp3) is 0.143. The number of aryl methyl sites for hydroxylation is 1. The quantitative estimate of drug-likeness (QED) is 0.884. The maximum absolute atomic E-state index is 13.0. The van der Waals surface area contributed by atoms with Crippen LogP contribution in [0.3, 0.4) is 0 Å². The Kier molecular flexibility index (Phi) is 4.01. The lowest BCUT2D eigenvalue weighted by atomic mass is 10.2. The average Bonchev–Trinajstić information content (AvgIpc) is 2.36. The Morgan fingerprint density at radius 2 is 1.90 bits per heavy atom. The fourth-order valence-electron chi connectivity index (χ4n) is 1.77. The van der Waals surface area contributed by atoms with Gasteiger partial charge >= 0.3 is 0 Å². The topological polar surface area (TPSA) is 60.2 Å². The molecule has 0 aliphatic carbocycles. The van der Waals surface area contributed by atoms with Gasteiger partial charge in [0, 0.05) is 10.7 Å². The van der Waals surface area contributed by atoms with Crippen LogP contribution in [-0.4, -0.2) is 8.42 Å². The highest BCUT2D eigenvalue weighted by molar-refractivity contribution is 7.90. The third kappa shape index (κ3) is 3.11. The van der Waals surface area contributed by atoms with Crippen LogP contribution in [-0.2, 0) is 15.6 Å². The van der Waals surface area contributed by atoms with E-state index in [-0.39, 0.29) is 15.7 Å². The zero-order chi connectivity index (χ0) is 14.9. The van der Waals surface area contributed by atoms with Crippen LogP contribution in [0.5, 0.6) is 0 Å². The molecule has 0 saturated carbocycles. The van der Waals surface area contributed by atoms with Crippen molar-refractivity contribution in [1.82, 2.24) is 0 Å². The van der Waals surface area contributed by atoms with Gasteiger partial charge in [-0.3, -0.25) is 0 Å². The first-order valence-electron chi connectivity index (χ1n) is 5.82. The number of nitrogen functional groups attached to an aromatic ring is 1. The summed E-state index contributed by atoms with van der Waals surface area (Å²) < 4.78 is 37.6. The second kappa shape index (κ2) is 5.42. The van der Waals surface area contributed by atoms with Gasteiger partial charge in [0.2, 0.25) is 0 Å². The average molecular weight is 314 g/mol. The molecule has 0 unspecified atom stereocenters. The molecule has 0 aliphatic heterocycles. The molecule has 20 heavy (non-hydrogen) atoms. The van der Waals surface area contributed by atoms with Gasteiger partial charge in [-0.15, -0.1) is 0 Å². The zero-order valence-electron chi connectivity index (χ0n) is 10.7. The molecule has 2 rings (SSSR count). The molecule has 6 heteroatoms. The summed E-state index contributed by atoms with van der Waals surface area (Å²) >= 11 is 5.86. The highest BCUT2D eigenvalue weighted by atomic mass is 35.5. The van der Waals surface area contributed by atoms with Crippen LogP contribution in [0.25, 0.3) is 0 Å². The van der Waals surface area contributed by atoms with Crippen LogP contribution >= 0.6 is 11.6 Å². The van der Waals surface area contributed by atoms with Crippen LogP contribution < -0.4 is 5.73 Å². The maximum Gasteiger partial charge on any atom is 0.182 e. The Labute approximate surface area is 122 Å². The van der Waals surface area contributed by atoms with Crippen molar-refractivity contribution in [3.8, 4) is 0 Å². The predicted octanol–water partition coefficient (Wildman–Crippen LogP) is 3.34. The summed E-state index contributed by atoms with van der Waals surface area (Å²) in [5.41, 5.74) is 7.25. The first-order chi connectivity index (χ1) is 9.29. The lowest BCUT2D eigenvalue weighted by Crippen LogP contribution is -2.06. The summed E-state index contributed by atoms with van der Waals surface area (Å²) in [6, 6.07) is 8.18. The van der Waals surface area contributed by atoms with Crippen molar-refractivity contribution in [2.75, 3.05) is 5.73 Å². The van der Waals surface area contributed by atoms with Crippen molar-refractivity contribution in [3.63, 3.8) is 0 Å². The van der Waals surface area contributed by atoms with Crippen molar-refractivity contribution >= 4 is 27.1 Å². The number of halogens is 2. The van der Waals surface area contributed by atoms with E-state index in [1.54, 1.807) is 13.0 Å². The van der Waals surface area contributed by atoms with Crippen LogP contribution in [0.4, 0.5) is 10.1 Å². The van der Waals surface area contributed by atoms with E-state index in [9.17, 15) is 12.8 Å². The Bertz CT molecular complexity index is 760. The SMILES string of the molecule is Cc1cc(S(=O)(=O)Cc2ccc(F)cc2Cl)ccc1N. The summed E-state index contributed by atoms with van der Waals surface area (Å²) in [4.78, 5) is 0.171. The van der Waals surface area contributed by atoms with E-state index in [1.807, 2.05) is 0 Å². The van der Waals surface area contributed by atoms with Gasteiger partial charge in [0.25, 0.3) is 0 Å². The molecule has 0 bridgehead atoms. The highest BCUT2D eigenvalue weighted by Crippen LogP contribution is 2.24. The number of hydrogen-bond donors (Lipinski definition) is 1. The maximum atomic E-state index is 13.0. The van der Waals surface area contributed by atoms with Crippen molar-refractivity contribution in [3.05, 3.63) is 58.4 Å². The second-order valence-corrected chi connectivity index (χ2v) is 6.91. The normalized spacial score (nSPS) is 11.6. The van der Waals surface area contributed by atoms with Crippen LogP contribution in [0.2, 0.25) is 5.02 Å². The molecule has 0 spiro atoms. The first-order valence-corrected chi connectivity index (χ1v) is 7.85. The molecule has 2 aromatic rings.